The molecular formula is C20H26NO5P. The van der Waals surface area contributed by atoms with E-state index in [-0.39, 0.29) is 11.3 Å². The van der Waals surface area contributed by atoms with Gasteiger partial charge in [0.05, 0.1) is 5.56 Å². The average Bonchev–Trinajstić information content (AvgIpc) is 2.56. The molecule has 0 amide bonds. The van der Waals surface area contributed by atoms with Crippen molar-refractivity contribution in [2.75, 3.05) is 0 Å². The molecule has 0 saturated heterocycles. The van der Waals surface area contributed by atoms with E-state index in [1.165, 1.54) is 0 Å². The van der Waals surface area contributed by atoms with Gasteiger partial charge >= 0.3 is 7.82 Å². The molecule has 6 nitrogen and oxygen atoms in total. The largest absolute Gasteiger partial charge is 0.524 e. The van der Waals surface area contributed by atoms with Crippen molar-refractivity contribution >= 4 is 7.82 Å². The SMILES string of the molecule is CC1(C)CCC(Cc2cc(OP(=O)(O)O)c(-c3ccccc3)c(=O)[nH]2)CC1. The standard InChI is InChI=1S/C20H26NO5P/c1-20(2)10-8-14(9-11-20)12-16-13-17(26-27(23,24)25)18(19(22)21-16)15-6-4-3-5-7-15/h3-7,13-14H,8-12H2,1-2H3,(H,21,22)(H2,23,24,25). The van der Waals surface area contributed by atoms with Crippen LogP contribution in [0.4, 0.5) is 0 Å². The minimum atomic E-state index is -4.79. The highest BCUT2D eigenvalue weighted by Crippen LogP contribution is 2.42. The fourth-order valence-corrected chi connectivity index (χ4v) is 4.15. The van der Waals surface area contributed by atoms with Crippen molar-refractivity contribution in [3.05, 3.63) is 52.4 Å². The molecule has 1 heterocycles. The van der Waals surface area contributed by atoms with Crippen molar-refractivity contribution in [3.8, 4) is 16.9 Å². The molecule has 0 radical (unpaired) electrons. The zero-order valence-electron chi connectivity index (χ0n) is 15.6. The topological polar surface area (TPSA) is 99.6 Å². The first kappa shape index (κ1) is 19.9. The summed E-state index contributed by atoms with van der Waals surface area (Å²) in [5.41, 5.74) is 1.28. The van der Waals surface area contributed by atoms with Crippen molar-refractivity contribution in [1.29, 1.82) is 0 Å². The number of hydrogen-bond acceptors (Lipinski definition) is 3. The molecule has 1 aliphatic carbocycles. The summed E-state index contributed by atoms with van der Waals surface area (Å²) >= 11 is 0. The van der Waals surface area contributed by atoms with Gasteiger partial charge in [0.2, 0.25) is 0 Å². The van der Waals surface area contributed by atoms with Crippen LogP contribution in [-0.2, 0) is 11.0 Å². The van der Waals surface area contributed by atoms with Crippen molar-refractivity contribution in [2.24, 2.45) is 11.3 Å². The number of hydrogen-bond donors (Lipinski definition) is 3. The van der Waals surface area contributed by atoms with Crippen molar-refractivity contribution in [1.82, 2.24) is 4.98 Å². The maximum Gasteiger partial charge on any atom is 0.524 e. The Morgan fingerprint density at radius 2 is 1.81 bits per heavy atom. The Kier molecular flexibility index (Phi) is 5.61. The maximum absolute atomic E-state index is 12.7. The van der Waals surface area contributed by atoms with E-state index in [9.17, 15) is 19.1 Å². The molecule has 3 rings (SSSR count). The second kappa shape index (κ2) is 7.63. The number of rotatable bonds is 5. The van der Waals surface area contributed by atoms with Gasteiger partial charge in [0.1, 0.15) is 5.75 Å². The molecule has 1 aromatic heterocycles. The number of pyridine rings is 1. The van der Waals surface area contributed by atoms with Crippen LogP contribution in [0, 0.1) is 11.3 Å². The number of phosphoric acid groups is 1. The van der Waals surface area contributed by atoms with Gasteiger partial charge in [0.15, 0.2) is 0 Å². The van der Waals surface area contributed by atoms with E-state index in [0.717, 1.165) is 25.7 Å². The molecule has 1 aliphatic rings. The Bertz CT molecular complexity index is 890. The van der Waals surface area contributed by atoms with E-state index in [1.54, 1.807) is 36.4 Å². The van der Waals surface area contributed by atoms with Gasteiger partial charge in [-0.05, 0) is 49.0 Å². The highest BCUT2D eigenvalue weighted by atomic mass is 31.2. The second-order valence-electron chi connectivity index (χ2n) is 8.12. The van der Waals surface area contributed by atoms with E-state index >= 15 is 0 Å². The average molecular weight is 391 g/mol. The monoisotopic (exact) mass is 391 g/mol. The quantitative estimate of drug-likeness (QED) is 0.661. The van der Waals surface area contributed by atoms with E-state index < -0.39 is 13.4 Å². The van der Waals surface area contributed by atoms with Crippen LogP contribution in [0.3, 0.4) is 0 Å². The van der Waals surface area contributed by atoms with Gasteiger partial charge in [-0.3, -0.25) is 14.6 Å². The third-order valence-corrected chi connectivity index (χ3v) is 5.73. The second-order valence-corrected chi connectivity index (χ2v) is 9.29. The molecule has 7 heteroatoms. The zero-order valence-corrected chi connectivity index (χ0v) is 16.5. The summed E-state index contributed by atoms with van der Waals surface area (Å²) in [6, 6.07) is 10.3. The molecule has 1 aromatic carbocycles. The summed E-state index contributed by atoms with van der Waals surface area (Å²) in [5.74, 6) is 0.364. The molecule has 3 N–H and O–H groups in total. The van der Waals surface area contributed by atoms with Gasteiger partial charge in [-0.25, -0.2) is 4.57 Å². The minimum Gasteiger partial charge on any atom is -0.403 e. The normalized spacial score (nSPS) is 17.6. The van der Waals surface area contributed by atoms with E-state index in [4.69, 9.17) is 4.52 Å². The number of H-pyrrole nitrogens is 1. The molecule has 0 bridgehead atoms. The molecule has 2 aromatic rings. The first-order valence-corrected chi connectivity index (χ1v) is 10.7. The molecule has 1 saturated carbocycles. The lowest BCUT2D eigenvalue weighted by Crippen LogP contribution is -2.23. The molecule has 1 fully saturated rings. The molecular weight excluding hydrogens is 365 g/mol. The summed E-state index contributed by atoms with van der Waals surface area (Å²) in [6.07, 6.45) is 5.08. The highest BCUT2D eigenvalue weighted by molar-refractivity contribution is 7.46. The van der Waals surface area contributed by atoms with Gasteiger partial charge in [-0.15, -0.1) is 0 Å². The maximum atomic E-state index is 12.7. The Hall–Kier alpha value is -1.88. The van der Waals surface area contributed by atoms with E-state index in [2.05, 4.69) is 18.8 Å². The first-order chi connectivity index (χ1) is 12.6. The Labute approximate surface area is 158 Å². The lowest BCUT2D eigenvalue weighted by atomic mass is 9.72. The lowest BCUT2D eigenvalue weighted by Gasteiger charge is -2.34. The third-order valence-electron chi connectivity index (χ3n) is 5.30. The third kappa shape index (κ3) is 5.32. The fourth-order valence-electron chi connectivity index (χ4n) is 3.75. The molecule has 0 spiro atoms. The van der Waals surface area contributed by atoms with E-state index in [1.807, 2.05) is 0 Å². The molecule has 0 atom stereocenters. The number of aromatic amines is 1. The van der Waals surface area contributed by atoms with Crippen LogP contribution in [0.15, 0.2) is 41.2 Å². The molecule has 27 heavy (non-hydrogen) atoms. The van der Waals surface area contributed by atoms with Crippen LogP contribution in [-0.4, -0.2) is 14.8 Å². The van der Waals surface area contributed by atoms with Crippen LogP contribution < -0.4 is 10.1 Å². The fraction of sp³-hybridized carbons (Fsp3) is 0.450. The van der Waals surface area contributed by atoms with Crippen LogP contribution in [0.25, 0.3) is 11.1 Å². The van der Waals surface area contributed by atoms with Crippen molar-refractivity contribution in [2.45, 2.75) is 46.0 Å². The summed E-state index contributed by atoms with van der Waals surface area (Å²) in [4.78, 5) is 34.1. The summed E-state index contributed by atoms with van der Waals surface area (Å²) < 4.78 is 16.3. The van der Waals surface area contributed by atoms with Crippen LogP contribution in [0.5, 0.6) is 5.75 Å². The summed E-state index contributed by atoms with van der Waals surface area (Å²) in [5, 5.41) is 0. The summed E-state index contributed by atoms with van der Waals surface area (Å²) in [6.45, 7) is 4.54. The van der Waals surface area contributed by atoms with Gasteiger partial charge < -0.3 is 9.51 Å². The van der Waals surface area contributed by atoms with Crippen molar-refractivity contribution in [3.63, 3.8) is 0 Å². The van der Waals surface area contributed by atoms with Crippen LogP contribution >= 0.6 is 7.82 Å². The minimum absolute atomic E-state index is 0.0792. The van der Waals surface area contributed by atoms with Gasteiger partial charge in [-0.2, -0.15) is 0 Å². The Morgan fingerprint density at radius 1 is 1.19 bits per heavy atom. The Morgan fingerprint density at radius 3 is 2.41 bits per heavy atom. The van der Waals surface area contributed by atoms with Crippen LogP contribution in [0.2, 0.25) is 0 Å². The first-order valence-electron chi connectivity index (χ1n) is 9.20. The summed E-state index contributed by atoms with van der Waals surface area (Å²) in [7, 11) is -4.79. The van der Waals surface area contributed by atoms with Gasteiger partial charge in [-0.1, -0.05) is 44.2 Å². The predicted molar refractivity (Wildman–Crippen MR) is 105 cm³/mol. The van der Waals surface area contributed by atoms with Crippen molar-refractivity contribution < 1.29 is 18.9 Å². The van der Waals surface area contributed by atoms with Crippen LogP contribution in [0.1, 0.15) is 45.2 Å². The number of phosphoric ester groups is 1. The number of aromatic nitrogens is 1. The molecule has 0 unspecified atom stereocenters. The number of benzene rings is 1. The molecule has 0 aliphatic heterocycles. The lowest BCUT2D eigenvalue weighted by molar-refractivity contribution is 0.190. The zero-order chi connectivity index (χ0) is 19.7. The number of nitrogens with one attached hydrogen (secondary N) is 1. The highest BCUT2D eigenvalue weighted by Gasteiger charge is 2.28. The smallest absolute Gasteiger partial charge is 0.403 e. The predicted octanol–water partition coefficient (Wildman–Crippen LogP) is 4.27. The van der Waals surface area contributed by atoms with Gasteiger partial charge in [0.25, 0.3) is 5.56 Å². The Balaban J connectivity index is 1.93. The molecule has 146 valence electrons. The van der Waals surface area contributed by atoms with Gasteiger partial charge in [0, 0.05) is 11.8 Å². The van der Waals surface area contributed by atoms with E-state index in [0.29, 0.717) is 29.0 Å².